The minimum Gasteiger partial charge on any atom is -0.507 e. The van der Waals surface area contributed by atoms with E-state index in [1.54, 1.807) is 0 Å². The highest BCUT2D eigenvalue weighted by Crippen LogP contribution is 2.39. The molecule has 20 heavy (non-hydrogen) atoms. The molecule has 0 aliphatic rings. The van der Waals surface area contributed by atoms with E-state index in [2.05, 4.69) is 41.5 Å². The van der Waals surface area contributed by atoms with Gasteiger partial charge in [0.25, 0.3) is 0 Å². The van der Waals surface area contributed by atoms with Crippen LogP contribution in [0.25, 0.3) is 0 Å². The third-order valence-corrected chi connectivity index (χ3v) is 3.35. The second-order valence-corrected chi connectivity index (χ2v) is 7.31. The van der Waals surface area contributed by atoms with Gasteiger partial charge in [-0.2, -0.15) is 0 Å². The average molecular weight is 274 g/mol. The van der Waals surface area contributed by atoms with Crippen molar-refractivity contribution in [1.82, 2.24) is 0 Å². The molecule has 0 radical (unpaired) electrons. The smallest absolute Gasteiger partial charge is 0.142 e. The average Bonchev–Trinajstić information content (AvgIpc) is 2.28. The highest BCUT2D eigenvalue weighted by atomic mass is 16.3. The summed E-state index contributed by atoms with van der Waals surface area (Å²) < 4.78 is 0. The SMILES string of the molecule is CC(C)(C)c1cc(CC=CC=O)cc(C(C)(C)C)c1O. The molecular weight excluding hydrogens is 248 g/mol. The minimum absolute atomic E-state index is 0.117. The van der Waals surface area contributed by atoms with Gasteiger partial charge in [-0.1, -0.05) is 59.8 Å². The summed E-state index contributed by atoms with van der Waals surface area (Å²) in [6.07, 6.45) is 4.85. The monoisotopic (exact) mass is 274 g/mol. The summed E-state index contributed by atoms with van der Waals surface area (Å²) in [5.41, 5.74) is 2.80. The Morgan fingerprint density at radius 3 is 1.80 bits per heavy atom. The number of aromatic hydroxyl groups is 1. The van der Waals surface area contributed by atoms with Gasteiger partial charge in [-0.05, 0) is 40.0 Å². The highest BCUT2D eigenvalue weighted by molar-refractivity contribution is 5.64. The Bertz CT molecular complexity index is 476. The Kier molecular flexibility index (Phi) is 4.80. The van der Waals surface area contributed by atoms with E-state index in [0.717, 1.165) is 23.0 Å². The Morgan fingerprint density at radius 2 is 1.45 bits per heavy atom. The molecule has 1 rings (SSSR count). The number of aldehydes is 1. The molecule has 0 amide bonds. The van der Waals surface area contributed by atoms with Gasteiger partial charge in [0.15, 0.2) is 0 Å². The molecule has 0 atom stereocenters. The van der Waals surface area contributed by atoms with Gasteiger partial charge in [0.05, 0.1) is 0 Å². The van der Waals surface area contributed by atoms with E-state index in [0.29, 0.717) is 12.2 Å². The summed E-state index contributed by atoms with van der Waals surface area (Å²) in [6.45, 7) is 12.6. The predicted octanol–water partition coefficient (Wildman–Crippen LogP) is 4.28. The number of phenolic OH excluding ortho intramolecular Hbond substituents is 1. The Hall–Kier alpha value is -1.57. The fourth-order valence-corrected chi connectivity index (χ4v) is 2.22. The van der Waals surface area contributed by atoms with Gasteiger partial charge < -0.3 is 5.11 Å². The first-order valence-corrected chi connectivity index (χ1v) is 7.04. The molecule has 0 bridgehead atoms. The number of carbonyl (C=O) groups excluding carboxylic acids is 1. The summed E-state index contributed by atoms with van der Waals surface area (Å²) in [5.74, 6) is 0.396. The van der Waals surface area contributed by atoms with E-state index >= 15 is 0 Å². The lowest BCUT2D eigenvalue weighted by Gasteiger charge is -2.28. The number of rotatable bonds is 3. The van der Waals surface area contributed by atoms with Crippen LogP contribution in [0.3, 0.4) is 0 Å². The van der Waals surface area contributed by atoms with E-state index in [1.807, 2.05) is 18.2 Å². The zero-order valence-corrected chi connectivity index (χ0v) is 13.4. The first kappa shape index (κ1) is 16.5. The second kappa shape index (κ2) is 5.82. The first-order valence-electron chi connectivity index (χ1n) is 7.04. The lowest BCUT2D eigenvalue weighted by molar-refractivity contribution is -0.104. The van der Waals surface area contributed by atoms with E-state index in [-0.39, 0.29) is 10.8 Å². The van der Waals surface area contributed by atoms with Crippen LogP contribution in [0.15, 0.2) is 24.3 Å². The van der Waals surface area contributed by atoms with Crippen molar-refractivity contribution in [2.75, 3.05) is 0 Å². The molecule has 0 aliphatic carbocycles. The number of phenols is 1. The molecule has 0 saturated heterocycles. The van der Waals surface area contributed by atoms with Crippen LogP contribution >= 0.6 is 0 Å². The number of benzene rings is 1. The van der Waals surface area contributed by atoms with Crippen LogP contribution in [-0.2, 0) is 22.0 Å². The van der Waals surface area contributed by atoms with Gasteiger partial charge in [0.1, 0.15) is 12.0 Å². The molecule has 0 aromatic heterocycles. The fraction of sp³-hybridized carbons (Fsp3) is 0.500. The minimum atomic E-state index is -0.117. The zero-order valence-electron chi connectivity index (χ0n) is 13.4. The van der Waals surface area contributed by atoms with Crippen molar-refractivity contribution in [1.29, 1.82) is 0 Å². The molecule has 110 valence electrons. The maximum atomic E-state index is 10.6. The molecule has 2 nitrogen and oxygen atoms in total. The summed E-state index contributed by atoms with van der Waals surface area (Å²) >= 11 is 0. The normalized spacial score (nSPS) is 12.9. The summed E-state index contributed by atoms with van der Waals surface area (Å²) in [6, 6.07) is 4.08. The zero-order chi connectivity index (χ0) is 15.6. The van der Waals surface area contributed by atoms with Crippen molar-refractivity contribution >= 4 is 6.29 Å². The maximum absolute atomic E-state index is 10.6. The molecule has 0 fully saturated rings. The van der Waals surface area contributed by atoms with Crippen LogP contribution in [0, 0.1) is 0 Å². The standard InChI is InChI=1S/C18H26O2/c1-17(2,3)14-11-13(9-7-8-10-19)12-15(16(14)20)18(4,5)6/h7-8,10-12,20H,9H2,1-6H3. The molecule has 0 unspecified atom stereocenters. The van der Waals surface area contributed by atoms with E-state index in [9.17, 15) is 9.90 Å². The summed E-state index contributed by atoms with van der Waals surface area (Å²) in [5, 5.41) is 10.6. The fourth-order valence-electron chi connectivity index (χ4n) is 2.22. The van der Waals surface area contributed by atoms with E-state index in [1.165, 1.54) is 6.08 Å². The van der Waals surface area contributed by atoms with Crippen LogP contribution in [0.4, 0.5) is 0 Å². The Balaban J connectivity index is 3.42. The quantitative estimate of drug-likeness (QED) is 0.659. The molecule has 0 spiro atoms. The van der Waals surface area contributed by atoms with Crippen molar-refractivity contribution in [2.24, 2.45) is 0 Å². The Morgan fingerprint density at radius 1 is 1.00 bits per heavy atom. The van der Waals surface area contributed by atoms with Crippen molar-refractivity contribution in [3.63, 3.8) is 0 Å². The van der Waals surface area contributed by atoms with Crippen molar-refractivity contribution < 1.29 is 9.90 Å². The van der Waals surface area contributed by atoms with E-state index < -0.39 is 0 Å². The Labute approximate surface area is 122 Å². The summed E-state index contributed by atoms with van der Waals surface area (Å²) in [4.78, 5) is 10.4. The molecule has 1 N–H and O–H groups in total. The predicted molar refractivity (Wildman–Crippen MR) is 84.4 cm³/mol. The van der Waals surface area contributed by atoms with E-state index in [4.69, 9.17) is 0 Å². The lowest BCUT2D eigenvalue weighted by atomic mass is 9.78. The summed E-state index contributed by atoms with van der Waals surface area (Å²) in [7, 11) is 0. The molecular formula is C18H26O2. The van der Waals surface area contributed by atoms with Crippen LogP contribution in [0.5, 0.6) is 5.75 Å². The molecule has 0 saturated carbocycles. The number of carbonyl (C=O) groups is 1. The van der Waals surface area contributed by atoms with Gasteiger partial charge in [-0.15, -0.1) is 0 Å². The number of hydrogen-bond acceptors (Lipinski definition) is 2. The first-order chi connectivity index (χ1) is 9.07. The van der Waals surface area contributed by atoms with Crippen LogP contribution in [0.1, 0.15) is 58.2 Å². The van der Waals surface area contributed by atoms with Gasteiger partial charge in [0.2, 0.25) is 0 Å². The number of hydrogen-bond donors (Lipinski definition) is 1. The second-order valence-electron chi connectivity index (χ2n) is 7.31. The van der Waals surface area contributed by atoms with Gasteiger partial charge in [-0.3, -0.25) is 4.79 Å². The molecule has 0 aliphatic heterocycles. The van der Waals surface area contributed by atoms with Crippen molar-refractivity contribution in [3.05, 3.63) is 41.0 Å². The third-order valence-electron chi connectivity index (χ3n) is 3.35. The molecule has 2 heteroatoms. The van der Waals surface area contributed by atoms with Crippen molar-refractivity contribution in [3.8, 4) is 5.75 Å². The molecule has 1 aromatic rings. The largest absolute Gasteiger partial charge is 0.507 e. The van der Waals surface area contributed by atoms with Crippen LogP contribution < -0.4 is 0 Å². The van der Waals surface area contributed by atoms with Gasteiger partial charge >= 0.3 is 0 Å². The topological polar surface area (TPSA) is 37.3 Å². The molecule has 1 aromatic carbocycles. The lowest BCUT2D eigenvalue weighted by Crippen LogP contribution is -2.17. The van der Waals surface area contributed by atoms with Crippen LogP contribution in [-0.4, -0.2) is 11.4 Å². The molecule has 0 heterocycles. The third kappa shape index (κ3) is 3.96. The number of allylic oxidation sites excluding steroid dienone is 2. The van der Waals surface area contributed by atoms with Crippen LogP contribution in [0.2, 0.25) is 0 Å². The maximum Gasteiger partial charge on any atom is 0.142 e. The van der Waals surface area contributed by atoms with Crippen molar-refractivity contribution in [2.45, 2.75) is 58.8 Å². The van der Waals surface area contributed by atoms with Gasteiger partial charge in [0, 0.05) is 0 Å². The van der Waals surface area contributed by atoms with Gasteiger partial charge in [-0.25, -0.2) is 0 Å². The highest BCUT2D eigenvalue weighted by Gasteiger charge is 2.26.